The van der Waals surface area contributed by atoms with Crippen molar-refractivity contribution in [2.24, 2.45) is 0 Å². The fraction of sp³-hybridized carbons (Fsp3) is 0.333. The molecule has 0 aliphatic rings. The van der Waals surface area contributed by atoms with Gasteiger partial charge in [0.05, 0.1) is 6.61 Å². The minimum Gasteiger partial charge on any atom is -0.257 e. The van der Waals surface area contributed by atoms with Crippen molar-refractivity contribution in [3.8, 4) is 0 Å². The fourth-order valence-electron chi connectivity index (χ4n) is 0.283. The van der Waals surface area contributed by atoms with Crippen molar-refractivity contribution in [1.82, 2.24) is 0 Å². The minimum absolute atomic E-state index is 0.0207. The molecule has 0 radical (unpaired) electrons. The van der Waals surface area contributed by atoms with Crippen LogP contribution in [0.2, 0.25) is 0 Å². The summed E-state index contributed by atoms with van der Waals surface area (Å²) in [4.78, 5) is 0. The number of allylic oxidation sites excluding steroid dienone is 1. The third kappa shape index (κ3) is 6.15. The predicted molar refractivity (Wildman–Crippen MR) is 47.5 cm³/mol. The monoisotopic (exact) mass is 194 g/mol. The quantitative estimate of drug-likeness (QED) is 0.493. The van der Waals surface area contributed by atoms with Crippen LogP contribution in [0.3, 0.4) is 0 Å². The first-order chi connectivity index (χ1) is 5.12. The molecule has 64 valence electrons. The lowest BCUT2D eigenvalue weighted by atomic mass is 10.7. The van der Waals surface area contributed by atoms with Crippen LogP contribution in [-0.2, 0) is 13.3 Å². The van der Waals surface area contributed by atoms with Gasteiger partial charge >= 0.3 is 9.15 Å². The van der Waals surface area contributed by atoms with Gasteiger partial charge in [-0.2, -0.15) is 8.42 Å². The molecule has 3 nitrogen and oxygen atoms in total. The van der Waals surface area contributed by atoms with Crippen LogP contribution in [-0.4, -0.2) is 15.0 Å². The Labute approximate surface area is 70.7 Å². The maximum absolute atomic E-state index is 10.8. The normalized spacial score (nSPS) is 12.1. The van der Waals surface area contributed by atoms with Crippen molar-refractivity contribution in [1.29, 1.82) is 0 Å². The Kier molecular flexibility index (Phi) is 5.27. The average molecular weight is 194 g/mol. The van der Waals surface area contributed by atoms with Gasteiger partial charge in [0.25, 0.3) is 0 Å². The van der Waals surface area contributed by atoms with Gasteiger partial charge in [-0.15, -0.1) is 6.58 Å². The summed E-state index contributed by atoms with van der Waals surface area (Å²) < 4.78 is 26.0. The zero-order chi connectivity index (χ0) is 8.74. The highest BCUT2D eigenvalue weighted by molar-refractivity contribution is 8.71. The molecule has 0 aliphatic heterocycles. The fourth-order valence-corrected chi connectivity index (χ4v) is 1.92. The highest BCUT2D eigenvalue weighted by Gasteiger charge is 2.07. The van der Waals surface area contributed by atoms with E-state index in [0.29, 0.717) is 10.8 Å². The molecule has 0 N–H and O–H groups in total. The zero-order valence-corrected chi connectivity index (χ0v) is 7.82. The van der Waals surface area contributed by atoms with Crippen LogP contribution >= 0.6 is 10.8 Å². The van der Waals surface area contributed by atoms with Crippen LogP contribution in [0.15, 0.2) is 24.1 Å². The molecule has 0 aliphatic carbocycles. The zero-order valence-electron chi connectivity index (χ0n) is 6.19. The molecule has 0 saturated carbocycles. The molecule has 0 rings (SSSR count). The van der Waals surface area contributed by atoms with Crippen LogP contribution in [0.25, 0.3) is 0 Å². The molecule has 0 aromatic rings. The van der Waals surface area contributed by atoms with E-state index >= 15 is 0 Å². The molecule has 5 heteroatoms. The molecule has 0 spiro atoms. The van der Waals surface area contributed by atoms with Crippen LogP contribution in [0.1, 0.15) is 6.92 Å². The minimum atomic E-state index is -3.45. The Morgan fingerprint density at radius 3 is 2.73 bits per heavy atom. The van der Waals surface area contributed by atoms with E-state index in [1.54, 1.807) is 13.0 Å². The summed E-state index contributed by atoms with van der Waals surface area (Å²) in [6.45, 7) is 5.08. The molecule has 0 aromatic heterocycles. The first-order valence-corrected chi connectivity index (χ1v) is 5.72. The molecule has 0 atom stereocenters. The van der Waals surface area contributed by atoms with Gasteiger partial charge in [-0.3, -0.25) is 4.18 Å². The first-order valence-electron chi connectivity index (χ1n) is 2.92. The van der Waals surface area contributed by atoms with Gasteiger partial charge in [0.15, 0.2) is 0 Å². The van der Waals surface area contributed by atoms with Crippen LogP contribution < -0.4 is 0 Å². The van der Waals surface area contributed by atoms with E-state index in [1.807, 2.05) is 0 Å². The molecular formula is C6H10O3S2. The van der Waals surface area contributed by atoms with Crippen molar-refractivity contribution in [2.75, 3.05) is 6.61 Å². The van der Waals surface area contributed by atoms with Gasteiger partial charge < -0.3 is 0 Å². The van der Waals surface area contributed by atoms with Gasteiger partial charge in [-0.05, 0) is 12.3 Å². The van der Waals surface area contributed by atoms with E-state index in [1.165, 1.54) is 11.5 Å². The lowest BCUT2D eigenvalue weighted by molar-refractivity contribution is 0.371. The van der Waals surface area contributed by atoms with Crippen LogP contribution in [0.5, 0.6) is 0 Å². The SMILES string of the molecule is C=CCOS(=O)(=O)S/C=C/C. The van der Waals surface area contributed by atoms with Crippen LogP contribution in [0, 0.1) is 0 Å². The maximum Gasteiger partial charge on any atom is 0.326 e. The average Bonchev–Trinajstić information content (AvgIpc) is 1.97. The van der Waals surface area contributed by atoms with Crippen LogP contribution in [0.4, 0.5) is 0 Å². The summed E-state index contributed by atoms with van der Waals surface area (Å²) in [6.07, 6.45) is 3.01. The van der Waals surface area contributed by atoms with E-state index in [4.69, 9.17) is 0 Å². The second-order valence-corrected chi connectivity index (χ2v) is 4.87. The Hall–Kier alpha value is -0.260. The highest BCUT2D eigenvalue weighted by atomic mass is 33.1. The van der Waals surface area contributed by atoms with E-state index < -0.39 is 9.15 Å². The summed E-state index contributed by atoms with van der Waals surface area (Å²) in [7, 11) is -2.81. The number of hydrogen-bond acceptors (Lipinski definition) is 4. The van der Waals surface area contributed by atoms with E-state index in [-0.39, 0.29) is 6.61 Å². The molecule has 11 heavy (non-hydrogen) atoms. The third-order valence-corrected chi connectivity index (χ3v) is 3.01. The first kappa shape index (κ1) is 10.7. The maximum atomic E-state index is 10.8. The second kappa shape index (κ2) is 5.40. The Morgan fingerprint density at radius 1 is 1.64 bits per heavy atom. The highest BCUT2D eigenvalue weighted by Crippen LogP contribution is 2.14. The molecule has 0 bridgehead atoms. The topological polar surface area (TPSA) is 43.4 Å². The number of hydrogen-bond donors (Lipinski definition) is 0. The summed E-state index contributed by atoms with van der Waals surface area (Å²) in [5.74, 6) is 0. The van der Waals surface area contributed by atoms with Gasteiger partial charge in [-0.1, -0.05) is 12.2 Å². The van der Waals surface area contributed by atoms with Crippen molar-refractivity contribution in [3.63, 3.8) is 0 Å². The van der Waals surface area contributed by atoms with Gasteiger partial charge in [0, 0.05) is 10.8 Å². The smallest absolute Gasteiger partial charge is 0.257 e. The van der Waals surface area contributed by atoms with Crippen molar-refractivity contribution < 1.29 is 12.6 Å². The molecule has 0 unspecified atom stereocenters. The third-order valence-electron chi connectivity index (χ3n) is 0.640. The largest absolute Gasteiger partial charge is 0.326 e. The lowest BCUT2D eigenvalue weighted by Crippen LogP contribution is -1.98. The summed E-state index contributed by atoms with van der Waals surface area (Å²) in [6, 6.07) is 0. The summed E-state index contributed by atoms with van der Waals surface area (Å²) in [5.41, 5.74) is 0. The second-order valence-electron chi connectivity index (χ2n) is 1.55. The summed E-state index contributed by atoms with van der Waals surface area (Å²) >= 11 is 0. The van der Waals surface area contributed by atoms with Gasteiger partial charge in [0.2, 0.25) is 0 Å². The lowest BCUT2D eigenvalue weighted by Gasteiger charge is -1.96. The molecule has 0 heterocycles. The molecule has 0 saturated heterocycles. The van der Waals surface area contributed by atoms with E-state index in [9.17, 15) is 8.42 Å². The molecule has 0 aromatic carbocycles. The van der Waals surface area contributed by atoms with E-state index in [0.717, 1.165) is 0 Å². The van der Waals surface area contributed by atoms with Gasteiger partial charge in [0.1, 0.15) is 0 Å². The van der Waals surface area contributed by atoms with Gasteiger partial charge in [-0.25, -0.2) is 0 Å². The van der Waals surface area contributed by atoms with E-state index in [2.05, 4.69) is 10.8 Å². The predicted octanol–water partition coefficient (Wildman–Crippen LogP) is 1.70. The standard InChI is InChI=1S/C6H10O3S2/c1-3-5-9-11(7,8)10-6-4-2/h3-4,6H,1,5H2,2H3/b6-4+. The van der Waals surface area contributed by atoms with Crippen molar-refractivity contribution >= 4 is 19.9 Å². The molecule has 0 fully saturated rings. The Morgan fingerprint density at radius 2 is 2.27 bits per heavy atom. The molecular weight excluding hydrogens is 184 g/mol. The van der Waals surface area contributed by atoms with Crippen molar-refractivity contribution in [2.45, 2.75) is 6.92 Å². The number of rotatable bonds is 5. The Balaban J connectivity index is 3.91. The molecule has 0 amide bonds. The summed E-state index contributed by atoms with van der Waals surface area (Å²) in [5, 5.41) is 1.44. The Bertz CT molecular complexity index is 228. The van der Waals surface area contributed by atoms with Crippen molar-refractivity contribution in [3.05, 3.63) is 24.1 Å².